The fraction of sp³-hybridized carbons (Fsp3) is 0.556. The first-order valence-electron chi connectivity index (χ1n) is 9.22. The lowest BCUT2D eigenvalue weighted by Crippen LogP contribution is -2.30. The van der Waals surface area contributed by atoms with Gasteiger partial charge >= 0.3 is 0 Å². The van der Waals surface area contributed by atoms with Crippen LogP contribution < -0.4 is 10.2 Å². The van der Waals surface area contributed by atoms with Gasteiger partial charge in [-0.1, -0.05) is 12.8 Å². The third kappa shape index (κ3) is 3.50. The van der Waals surface area contributed by atoms with Gasteiger partial charge in [0.1, 0.15) is 12.0 Å². The Labute approximate surface area is 147 Å². The minimum atomic E-state index is 0.107. The minimum absolute atomic E-state index is 0.107. The van der Waals surface area contributed by atoms with E-state index < -0.39 is 0 Å². The first kappa shape index (κ1) is 16.1. The molecule has 0 atom stereocenters. The second-order valence-corrected chi connectivity index (χ2v) is 6.92. The number of nitrogens with zero attached hydrogens (tertiary/aromatic N) is 5. The molecular weight excluding hydrogens is 316 g/mol. The molecule has 0 radical (unpaired) electrons. The summed E-state index contributed by atoms with van der Waals surface area (Å²) in [6, 6.07) is 0. The molecule has 1 saturated carbocycles. The molecule has 7 nitrogen and oxygen atoms in total. The molecule has 132 valence electrons. The van der Waals surface area contributed by atoms with E-state index in [4.69, 9.17) is 0 Å². The highest BCUT2D eigenvalue weighted by atomic mass is 16.1. The summed E-state index contributed by atoms with van der Waals surface area (Å²) in [6.07, 6.45) is 14.9. The normalized spacial score (nSPS) is 18.5. The van der Waals surface area contributed by atoms with Gasteiger partial charge in [-0.15, -0.1) is 0 Å². The highest BCUT2D eigenvalue weighted by molar-refractivity contribution is 5.92. The Morgan fingerprint density at radius 2 is 1.88 bits per heavy atom. The number of rotatable bonds is 4. The van der Waals surface area contributed by atoms with Crippen molar-refractivity contribution in [1.29, 1.82) is 0 Å². The molecule has 2 aliphatic rings. The Morgan fingerprint density at radius 3 is 2.68 bits per heavy atom. The number of amides is 1. The summed E-state index contributed by atoms with van der Waals surface area (Å²) in [7, 11) is 0. The van der Waals surface area contributed by atoms with Crippen LogP contribution in [0.4, 0.5) is 11.4 Å². The van der Waals surface area contributed by atoms with Crippen molar-refractivity contribution < 1.29 is 4.79 Å². The molecular formula is C18H24N6O. The zero-order valence-corrected chi connectivity index (χ0v) is 14.4. The van der Waals surface area contributed by atoms with E-state index in [2.05, 4.69) is 25.3 Å². The highest BCUT2D eigenvalue weighted by Crippen LogP contribution is 2.27. The quantitative estimate of drug-likeness (QED) is 0.926. The molecule has 2 aromatic rings. The number of hydrogen-bond acceptors (Lipinski definition) is 5. The van der Waals surface area contributed by atoms with Gasteiger partial charge in [-0.2, -0.15) is 5.10 Å². The van der Waals surface area contributed by atoms with Gasteiger partial charge in [-0.05, 0) is 32.1 Å². The number of hydrogen-bond donors (Lipinski definition) is 1. The zero-order chi connectivity index (χ0) is 17.1. The maximum absolute atomic E-state index is 12.3. The van der Waals surface area contributed by atoms with Crippen molar-refractivity contribution in [2.24, 2.45) is 5.92 Å². The molecule has 7 heteroatoms. The predicted molar refractivity (Wildman–Crippen MR) is 95.8 cm³/mol. The summed E-state index contributed by atoms with van der Waals surface area (Å²) in [6.45, 7) is 2.04. The molecule has 2 aromatic heterocycles. The lowest BCUT2D eigenvalue weighted by atomic mass is 10.1. The van der Waals surface area contributed by atoms with Crippen LogP contribution in [0.5, 0.6) is 0 Å². The van der Waals surface area contributed by atoms with Gasteiger partial charge in [0.2, 0.25) is 5.91 Å². The monoisotopic (exact) mass is 340 g/mol. The van der Waals surface area contributed by atoms with Gasteiger partial charge in [0.15, 0.2) is 5.82 Å². The van der Waals surface area contributed by atoms with Gasteiger partial charge in [0.05, 0.1) is 24.3 Å². The van der Waals surface area contributed by atoms with Crippen molar-refractivity contribution in [2.45, 2.75) is 44.9 Å². The van der Waals surface area contributed by atoms with Crippen molar-refractivity contribution in [1.82, 2.24) is 19.7 Å². The summed E-state index contributed by atoms with van der Waals surface area (Å²) in [4.78, 5) is 23.2. The summed E-state index contributed by atoms with van der Waals surface area (Å²) in [5.41, 5.74) is 1.72. The number of anilines is 2. The zero-order valence-electron chi connectivity index (χ0n) is 14.4. The van der Waals surface area contributed by atoms with Crippen LogP contribution in [0.3, 0.4) is 0 Å². The highest BCUT2D eigenvalue weighted by Gasteiger charge is 2.23. The van der Waals surface area contributed by atoms with Crippen LogP contribution in [0.15, 0.2) is 24.9 Å². The molecule has 4 rings (SSSR count). The third-order valence-electron chi connectivity index (χ3n) is 5.16. The Balaban J connectivity index is 1.52. The van der Waals surface area contributed by atoms with Crippen LogP contribution in [-0.2, 0) is 4.79 Å². The fourth-order valence-electron chi connectivity index (χ4n) is 3.79. The van der Waals surface area contributed by atoms with E-state index in [9.17, 15) is 4.79 Å². The van der Waals surface area contributed by atoms with E-state index in [1.54, 1.807) is 17.2 Å². The predicted octanol–water partition coefficient (Wildman–Crippen LogP) is 2.78. The summed E-state index contributed by atoms with van der Waals surface area (Å²) >= 11 is 0. The van der Waals surface area contributed by atoms with Crippen molar-refractivity contribution in [3.63, 3.8) is 0 Å². The summed E-state index contributed by atoms with van der Waals surface area (Å²) in [5.74, 6) is 1.01. The molecule has 1 aliphatic carbocycles. The molecule has 25 heavy (non-hydrogen) atoms. The van der Waals surface area contributed by atoms with Gasteiger partial charge in [-0.25, -0.2) is 14.6 Å². The van der Waals surface area contributed by atoms with Gasteiger partial charge < -0.3 is 10.2 Å². The topological polar surface area (TPSA) is 75.9 Å². The van der Waals surface area contributed by atoms with Crippen LogP contribution >= 0.6 is 0 Å². The molecule has 0 spiro atoms. The van der Waals surface area contributed by atoms with E-state index in [0.717, 1.165) is 56.0 Å². The Kier molecular flexibility index (Phi) is 4.63. The van der Waals surface area contributed by atoms with Gasteiger partial charge in [0, 0.05) is 19.0 Å². The van der Waals surface area contributed by atoms with Crippen molar-refractivity contribution in [3.8, 4) is 5.82 Å². The third-order valence-corrected chi connectivity index (χ3v) is 5.16. The average Bonchev–Trinajstić information content (AvgIpc) is 3.34. The van der Waals surface area contributed by atoms with Crippen LogP contribution in [0.2, 0.25) is 0 Å². The average molecular weight is 340 g/mol. The molecule has 1 amide bonds. The Bertz CT molecular complexity index is 731. The molecule has 0 bridgehead atoms. The number of nitrogens with one attached hydrogen (secondary N) is 1. The molecule has 1 N–H and O–H groups in total. The van der Waals surface area contributed by atoms with E-state index in [0.29, 0.717) is 0 Å². The van der Waals surface area contributed by atoms with Crippen LogP contribution in [0.1, 0.15) is 44.9 Å². The van der Waals surface area contributed by atoms with Gasteiger partial charge in [-0.3, -0.25) is 4.79 Å². The first-order valence-corrected chi connectivity index (χ1v) is 9.22. The van der Waals surface area contributed by atoms with Crippen LogP contribution in [-0.4, -0.2) is 38.7 Å². The van der Waals surface area contributed by atoms with Crippen LogP contribution in [0, 0.1) is 5.92 Å². The molecule has 0 unspecified atom stereocenters. The van der Waals surface area contributed by atoms with Crippen LogP contribution in [0.25, 0.3) is 5.82 Å². The van der Waals surface area contributed by atoms with E-state index in [1.807, 2.05) is 12.4 Å². The first-order chi connectivity index (χ1) is 12.3. The second kappa shape index (κ2) is 7.21. The molecule has 3 heterocycles. The number of piperidine rings is 1. The van der Waals surface area contributed by atoms with E-state index in [-0.39, 0.29) is 11.8 Å². The smallest absolute Gasteiger partial charge is 0.227 e. The van der Waals surface area contributed by atoms with Crippen molar-refractivity contribution in [3.05, 3.63) is 24.9 Å². The van der Waals surface area contributed by atoms with Crippen molar-refractivity contribution >= 4 is 17.3 Å². The Morgan fingerprint density at radius 1 is 1.08 bits per heavy atom. The van der Waals surface area contributed by atoms with E-state index in [1.165, 1.54) is 19.3 Å². The minimum Gasteiger partial charge on any atom is -0.367 e. The molecule has 2 fully saturated rings. The van der Waals surface area contributed by atoms with Crippen molar-refractivity contribution in [2.75, 3.05) is 23.3 Å². The molecule has 0 aromatic carbocycles. The lowest BCUT2D eigenvalue weighted by molar-refractivity contribution is -0.119. The maximum Gasteiger partial charge on any atom is 0.227 e. The second-order valence-electron chi connectivity index (χ2n) is 6.92. The van der Waals surface area contributed by atoms with E-state index >= 15 is 0 Å². The number of carbonyl (C=O) groups excluding carboxylic acids is 1. The fourth-order valence-corrected chi connectivity index (χ4v) is 3.79. The molecule has 1 aliphatic heterocycles. The lowest BCUT2D eigenvalue weighted by Gasteiger charge is -2.29. The standard InChI is InChI=1S/C18H24N6O/c25-18(14-6-2-3-7-14)22-15-10-21-24(12-15)17-16(11-19-13-20-17)23-8-4-1-5-9-23/h10-14H,1-9H2,(H,22,25). The van der Waals surface area contributed by atoms with Gasteiger partial charge in [0.25, 0.3) is 0 Å². The molecule has 1 saturated heterocycles. The number of carbonyl (C=O) groups is 1. The summed E-state index contributed by atoms with van der Waals surface area (Å²) < 4.78 is 1.73. The summed E-state index contributed by atoms with van der Waals surface area (Å²) in [5, 5.41) is 7.40. The Hall–Kier alpha value is -2.44. The number of aromatic nitrogens is 4. The SMILES string of the molecule is O=C(Nc1cnn(-c2ncncc2N2CCCCC2)c1)C1CCCC1. The largest absolute Gasteiger partial charge is 0.367 e. The maximum atomic E-state index is 12.3.